The number of hydrogen-bond donors (Lipinski definition) is 2. The summed E-state index contributed by atoms with van der Waals surface area (Å²) in [5.41, 5.74) is 2.47. The molecule has 7 heteroatoms. The molecule has 1 aliphatic rings. The van der Waals surface area contributed by atoms with Crippen LogP contribution < -0.4 is 18.9 Å². The lowest BCUT2D eigenvalue weighted by atomic mass is 9.77. The summed E-state index contributed by atoms with van der Waals surface area (Å²) in [6.45, 7) is 5.56. The van der Waals surface area contributed by atoms with Gasteiger partial charge in [0, 0.05) is 18.1 Å². The van der Waals surface area contributed by atoms with E-state index in [0.717, 1.165) is 11.1 Å². The molecule has 0 amide bonds. The molecule has 0 fully saturated rings. The van der Waals surface area contributed by atoms with Gasteiger partial charge in [-0.15, -0.1) is 0 Å². The summed E-state index contributed by atoms with van der Waals surface area (Å²) in [4.78, 5) is 11.6. The molecule has 0 bridgehead atoms. The Labute approximate surface area is 176 Å². The maximum absolute atomic E-state index is 11.6. The van der Waals surface area contributed by atoms with E-state index in [-0.39, 0.29) is 40.6 Å². The Morgan fingerprint density at radius 1 is 0.833 bits per heavy atom. The van der Waals surface area contributed by atoms with E-state index in [1.54, 1.807) is 6.07 Å². The van der Waals surface area contributed by atoms with Crippen molar-refractivity contribution in [2.45, 2.75) is 33.6 Å². The van der Waals surface area contributed by atoms with E-state index in [9.17, 15) is 15.0 Å². The minimum Gasteiger partial charge on any atom is -0.504 e. The third-order valence-electron chi connectivity index (χ3n) is 5.79. The Morgan fingerprint density at radius 2 is 1.27 bits per heavy atom. The number of carbonyl (C=O) groups is 1. The number of ether oxygens (including phenoxy) is 4. The van der Waals surface area contributed by atoms with Gasteiger partial charge in [0.2, 0.25) is 11.5 Å². The number of carbonyl (C=O) groups excluding carboxylic acids is 1. The fourth-order valence-electron chi connectivity index (χ4n) is 4.11. The molecule has 2 N–H and O–H groups in total. The van der Waals surface area contributed by atoms with Crippen LogP contribution in [0, 0.1) is 11.8 Å². The number of phenolic OH excluding ortho intramolecular Hbond substituents is 2. The number of benzene rings is 2. The number of esters is 1. The van der Waals surface area contributed by atoms with Crippen molar-refractivity contribution in [1.29, 1.82) is 0 Å². The summed E-state index contributed by atoms with van der Waals surface area (Å²) in [5.74, 6) is 0.498. The van der Waals surface area contributed by atoms with E-state index in [4.69, 9.17) is 18.9 Å². The van der Waals surface area contributed by atoms with Crippen LogP contribution in [0.25, 0.3) is 11.1 Å². The second-order valence-electron chi connectivity index (χ2n) is 7.74. The summed E-state index contributed by atoms with van der Waals surface area (Å²) in [6.07, 6.45) is 1.30. The molecule has 7 nitrogen and oxygen atoms in total. The quantitative estimate of drug-likeness (QED) is 0.573. The fourth-order valence-corrected chi connectivity index (χ4v) is 4.11. The normalized spacial score (nSPS) is 17.8. The van der Waals surface area contributed by atoms with Gasteiger partial charge in [-0.3, -0.25) is 4.79 Å². The molecule has 0 heterocycles. The second-order valence-corrected chi connectivity index (χ2v) is 7.74. The van der Waals surface area contributed by atoms with Gasteiger partial charge in [-0.1, -0.05) is 13.8 Å². The molecule has 30 heavy (non-hydrogen) atoms. The van der Waals surface area contributed by atoms with Gasteiger partial charge in [0.25, 0.3) is 0 Å². The third kappa shape index (κ3) is 3.60. The number of hydrogen-bond acceptors (Lipinski definition) is 7. The molecule has 0 radical (unpaired) electrons. The zero-order valence-corrected chi connectivity index (χ0v) is 18.2. The van der Waals surface area contributed by atoms with Gasteiger partial charge in [-0.05, 0) is 47.9 Å². The first-order valence-electron chi connectivity index (χ1n) is 9.81. The first kappa shape index (κ1) is 21.6. The molecule has 0 saturated carbocycles. The first-order chi connectivity index (χ1) is 14.2. The number of fused-ring (bicyclic) bond motifs is 3. The number of aromatic hydroxyl groups is 2. The summed E-state index contributed by atoms with van der Waals surface area (Å²) in [7, 11) is 4.35. The summed E-state index contributed by atoms with van der Waals surface area (Å²) in [5, 5.41) is 22.3. The highest BCUT2D eigenvalue weighted by Crippen LogP contribution is 2.55. The Balaban J connectivity index is 2.42. The van der Waals surface area contributed by atoms with Crippen LogP contribution in [0.1, 0.15) is 31.9 Å². The van der Waals surface area contributed by atoms with E-state index >= 15 is 0 Å². The molecule has 2 atom stereocenters. The highest BCUT2D eigenvalue weighted by Gasteiger charge is 2.32. The molecule has 3 rings (SSSR count). The smallest absolute Gasteiger partial charge is 0.308 e. The SMILES string of the molecule is COc1cc2c(c(O)c1OC)-c1c(cc(OC(C)=O)c(OC)c1O)C[C@@H](C)[C@@H](C)C2. The van der Waals surface area contributed by atoms with Gasteiger partial charge in [0.1, 0.15) is 0 Å². The topological polar surface area (TPSA) is 94.5 Å². The van der Waals surface area contributed by atoms with Crippen molar-refractivity contribution in [1.82, 2.24) is 0 Å². The van der Waals surface area contributed by atoms with Crippen molar-refractivity contribution in [3.8, 4) is 45.6 Å². The molecular formula is C23H28O7. The van der Waals surface area contributed by atoms with Crippen LogP contribution in [-0.2, 0) is 17.6 Å². The predicted molar refractivity (Wildman–Crippen MR) is 112 cm³/mol. The maximum Gasteiger partial charge on any atom is 0.308 e. The van der Waals surface area contributed by atoms with Crippen molar-refractivity contribution in [3.05, 3.63) is 23.3 Å². The van der Waals surface area contributed by atoms with Gasteiger partial charge in [-0.2, -0.15) is 0 Å². The number of rotatable bonds is 4. The van der Waals surface area contributed by atoms with Crippen molar-refractivity contribution in [3.63, 3.8) is 0 Å². The Kier molecular flexibility index (Phi) is 6.01. The van der Waals surface area contributed by atoms with E-state index in [0.29, 0.717) is 29.7 Å². The Morgan fingerprint density at radius 3 is 1.67 bits per heavy atom. The van der Waals surface area contributed by atoms with Gasteiger partial charge >= 0.3 is 5.97 Å². The lowest BCUT2D eigenvalue weighted by Crippen LogP contribution is -2.18. The van der Waals surface area contributed by atoms with Gasteiger partial charge in [0.05, 0.1) is 21.3 Å². The molecule has 2 aromatic carbocycles. The maximum atomic E-state index is 11.6. The lowest BCUT2D eigenvalue weighted by Gasteiger charge is -2.29. The Bertz CT molecular complexity index is 980. The number of phenols is 2. The van der Waals surface area contributed by atoms with Crippen LogP contribution in [0.4, 0.5) is 0 Å². The standard InChI is InChI=1S/C23H28O7/c1-11-7-14-9-16(27-4)22(28-5)20(25)18(14)19-15(8-12(11)2)10-17(30-13(3)24)23(29-6)21(19)26/h9-12,25-26H,7-8H2,1-6H3/t11-,12+/m0/s1. The molecule has 2 aromatic rings. The molecular weight excluding hydrogens is 388 g/mol. The fraction of sp³-hybridized carbons (Fsp3) is 0.435. The molecule has 1 aliphatic carbocycles. The molecule has 0 unspecified atom stereocenters. The van der Waals surface area contributed by atoms with E-state index in [1.807, 2.05) is 6.07 Å². The molecule has 0 aromatic heterocycles. The van der Waals surface area contributed by atoms with Crippen molar-refractivity contribution in [2.75, 3.05) is 21.3 Å². The van der Waals surface area contributed by atoms with Crippen LogP contribution in [0.15, 0.2) is 12.1 Å². The Hall–Kier alpha value is -3.09. The molecule has 0 spiro atoms. The van der Waals surface area contributed by atoms with E-state index in [1.165, 1.54) is 28.3 Å². The molecule has 0 aliphatic heterocycles. The van der Waals surface area contributed by atoms with Gasteiger partial charge in [-0.25, -0.2) is 0 Å². The van der Waals surface area contributed by atoms with E-state index in [2.05, 4.69) is 13.8 Å². The summed E-state index contributed by atoms with van der Waals surface area (Å²) >= 11 is 0. The van der Waals surface area contributed by atoms with Crippen molar-refractivity contribution in [2.24, 2.45) is 11.8 Å². The summed E-state index contributed by atoms with van der Waals surface area (Å²) < 4.78 is 21.4. The largest absolute Gasteiger partial charge is 0.504 e. The van der Waals surface area contributed by atoms with Crippen LogP contribution in [0.3, 0.4) is 0 Å². The minimum absolute atomic E-state index is 0.0327. The first-order valence-corrected chi connectivity index (χ1v) is 9.81. The monoisotopic (exact) mass is 416 g/mol. The van der Waals surface area contributed by atoms with Crippen LogP contribution >= 0.6 is 0 Å². The summed E-state index contributed by atoms with van der Waals surface area (Å²) in [6, 6.07) is 3.53. The van der Waals surface area contributed by atoms with E-state index < -0.39 is 5.97 Å². The molecule has 0 saturated heterocycles. The minimum atomic E-state index is -0.519. The average Bonchev–Trinajstić information content (AvgIpc) is 2.68. The lowest BCUT2D eigenvalue weighted by molar-refractivity contribution is -0.132. The van der Waals surface area contributed by atoms with Crippen LogP contribution in [0.5, 0.6) is 34.5 Å². The highest BCUT2D eigenvalue weighted by molar-refractivity contribution is 5.88. The molecule has 162 valence electrons. The van der Waals surface area contributed by atoms with Crippen molar-refractivity contribution >= 4 is 5.97 Å². The van der Waals surface area contributed by atoms with Crippen molar-refractivity contribution < 1.29 is 34.0 Å². The highest BCUT2D eigenvalue weighted by atomic mass is 16.6. The second kappa shape index (κ2) is 8.34. The van der Waals surface area contributed by atoms with Crippen LogP contribution in [0.2, 0.25) is 0 Å². The van der Waals surface area contributed by atoms with Crippen LogP contribution in [-0.4, -0.2) is 37.5 Å². The van der Waals surface area contributed by atoms with Gasteiger partial charge in [0.15, 0.2) is 23.0 Å². The average molecular weight is 416 g/mol. The third-order valence-corrected chi connectivity index (χ3v) is 5.79. The zero-order valence-electron chi connectivity index (χ0n) is 18.2. The zero-order chi connectivity index (χ0) is 22.2. The van der Waals surface area contributed by atoms with Gasteiger partial charge < -0.3 is 29.2 Å². The number of methoxy groups -OCH3 is 3. The predicted octanol–water partition coefficient (Wildman–Crippen LogP) is 4.09.